The van der Waals surface area contributed by atoms with Crippen LogP contribution in [-0.2, 0) is 0 Å². The number of hydrogen-bond donors (Lipinski definition) is 1. The predicted octanol–water partition coefficient (Wildman–Crippen LogP) is 1.16. The van der Waals surface area contributed by atoms with E-state index in [2.05, 4.69) is 23.2 Å². The maximum absolute atomic E-state index is 5.57. The molecule has 0 bridgehead atoms. The molecule has 0 aliphatic carbocycles. The van der Waals surface area contributed by atoms with E-state index in [1.807, 2.05) is 13.8 Å². The average molecular weight is 165 g/mol. The Morgan fingerprint density at radius 1 is 1.42 bits per heavy atom. The van der Waals surface area contributed by atoms with Gasteiger partial charge in [-0.25, -0.2) is 0 Å². The Morgan fingerprint density at radius 3 is 2.67 bits per heavy atom. The Labute approximate surface area is 73.0 Å². The van der Waals surface area contributed by atoms with Gasteiger partial charge in [0.1, 0.15) is 0 Å². The van der Waals surface area contributed by atoms with E-state index in [0.717, 1.165) is 11.4 Å². The van der Waals surface area contributed by atoms with Gasteiger partial charge in [-0.1, -0.05) is 6.92 Å². The molecule has 0 fully saturated rings. The highest BCUT2D eigenvalue weighted by atomic mass is 15.1. The Kier molecular flexibility index (Phi) is 2.76. The van der Waals surface area contributed by atoms with Crippen molar-refractivity contribution in [2.75, 3.05) is 6.54 Å². The Balaban J connectivity index is 3.04. The topological polar surface area (TPSA) is 51.8 Å². The van der Waals surface area contributed by atoms with Gasteiger partial charge in [0, 0.05) is 0 Å². The summed E-state index contributed by atoms with van der Waals surface area (Å²) in [5.41, 5.74) is 8.73. The summed E-state index contributed by atoms with van der Waals surface area (Å²) in [4.78, 5) is 0. The first-order chi connectivity index (χ1) is 5.65. The van der Waals surface area contributed by atoms with Gasteiger partial charge in [-0.15, -0.1) is 0 Å². The Hall–Kier alpha value is -0.960. The summed E-state index contributed by atoms with van der Waals surface area (Å²) in [5, 5.41) is 8.01. The first kappa shape index (κ1) is 9.13. The minimum absolute atomic E-state index is 0.374. The van der Waals surface area contributed by atoms with Crippen LogP contribution in [-0.4, -0.2) is 16.7 Å². The molecule has 66 valence electrons. The Morgan fingerprint density at radius 2 is 2.08 bits per heavy atom. The van der Waals surface area contributed by atoms with Crippen LogP contribution >= 0.6 is 0 Å². The van der Waals surface area contributed by atoms with E-state index < -0.39 is 0 Å². The van der Waals surface area contributed by atoms with Crippen molar-refractivity contribution in [2.45, 2.75) is 26.7 Å². The molecule has 1 atom stereocenters. The minimum atomic E-state index is 0.374. The molecule has 1 aromatic heterocycles. The number of rotatable bonds is 2. The lowest BCUT2D eigenvalue weighted by atomic mass is 10.0. The molecular formula is C9H15N3. The van der Waals surface area contributed by atoms with Crippen molar-refractivity contribution in [3.8, 4) is 0 Å². The van der Waals surface area contributed by atoms with Crippen LogP contribution in [0.1, 0.15) is 29.8 Å². The second-order valence-corrected chi connectivity index (χ2v) is 3.16. The first-order valence-corrected chi connectivity index (χ1v) is 4.16. The second-order valence-electron chi connectivity index (χ2n) is 3.16. The zero-order valence-corrected chi connectivity index (χ0v) is 7.83. The van der Waals surface area contributed by atoms with E-state index in [1.165, 1.54) is 5.56 Å². The lowest BCUT2D eigenvalue weighted by Crippen LogP contribution is -2.11. The van der Waals surface area contributed by atoms with Gasteiger partial charge in [-0.3, -0.25) is 0 Å². The first-order valence-electron chi connectivity index (χ1n) is 4.16. The maximum atomic E-state index is 5.57. The Bertz CT molecular complexity index is 270. The van der Waals surface area contributed by atoms with Crippen molar-refractivity contribution in [3.63, 3.8) is 0 Å². The lowest BCUT2D eigenvalue weighted by Gasteiger charge is -2.10. The summed E-state index contributed by atoms with van der Waals surface area (Å²) in [7, 11) is 0. The van der Waals surface area contributed by atoms with Crippen LogP contribution in [0.3, 0.4) is 0 Å². The molecule has 2 N–H and O–H groups in total. The number of nitrogens with two attached hydrogens (primary N) is 1. The summed E-state index contributed by atoms with van der Waals surface area (Å²) in [6, 6.07) is 2.06. The lowest BCUT2D eigenvalue weighted by molar-refractivity contribution is 0.745. The quantitative estimate of drug-likeness (QED) is 0.715. The summed E-state index contributed by atoms with van der Waals surface area (Å²) in [6.45, 7) is 6.67. The van der Waals surface area contributed by atoms with Gasteiger partial charge in [-0.2, -0.15) is 10.2 Å². The maximum Gasteiger partial charge on any atom is 0.0635 e. The van der Waals surface area contributed by atoms with Gasteiger partial charge in [0.25, 0.3) is 0 Å². The molecule has 3 heteroatoms. The van der Waals surface area contributed by atoms with Gasteiger partial charge in [-0.05, 0) is 37.9 Å². The van der Waals surface area contributed by atoms with Gasteiger partial charge < -0.3 is 5.73 Å². The van der Waals surface area contributed by atoms with Crippen LogP contribution in [0.15, 0.2) is 6.07 Å². The normalized spacial score (nSPS) is 13.0. The largest absolute Gasteiger partial charge is 0.330 e. The molecule has 1 unspecified atom stereocenters. The molecule has 0 amide bonds. The van der Waals surface area contributed by atoms with Crippen molar-refractivity contribution in [1.29, 1.82) is 0 Å². The van der Waals surface area contributed by atoms with Crippen molar-refractivity contribution in [3.05, 3.63) is 23.0 Å². The molecule has 1 heterocycles. The van der Waals surface area contributed by atoms with E-state index in [-0.39, 0.29) is 0 Å². The predicted molar refractivity (Wildman–Crippen MR) is 49.0 cm³/mol. The van der Waals surface area contributed by atoms with Gasteiger partial charge >= 0.3 is 0 Å². The van der Waals surface area contributed by atoms with Gasteiger partial charge in [0.2, 0.25) is 0 Å². The molecule has 1 aromatic rings. The number of aryl methyl sites for hydroxylation is 2. The van der Waals surface area contributed by atoms with E-state index in [1.54, 1.807) is 0 Å². The van der Waals surface area contributed by atoms with E-state index in [9.17, 15) is 0 Å². The third-order valence-electron chi connectivity index (χ3n) is 2.02. The molecule has 1 rings (SSSR count). The minimum Gasteiger partial charge on any atom is -0.330 e. The molecule has 3 nitrogen and oxygen atoms in total. The SMILES string of the molecule is Cc1cc(C(C)CN)c(C)nn1. The van der Waals surface area contributed by atoms with E-state index in [0.29, 0.717) is 12.5 Å². The van der Waals surface area contributed by atoms with Crippen molar-refractivity contribution in [2.24, 2.45) is 5.73 Å². The molecular weight excluding hydrogens is 150 g/mol. The van der Waals surface area contributed by atoms with Crippen molar-refractivity contribution in [1.82, 2.24) is 10.2 Å². The fourth-order valence-electron chi connectivity index (χ4n) is 1.20. The monoisotopic (exact) mass is 165 g/mol. The fourth-order valence-corrected chi connectivity index (χ4v) is 1.20. The zero-order valence-electron chi connectivity index (χ0n) is 7.83. The average Bonchev–Trinajstić information content (AvgIpc) is 2.08. The van der Waals surface area contributed by atoms with Crippen molar-refractivity contribution >= 4 is 0 Å². The summed E-state index contributed by atoms with van der Waals surface area (Å²) >= 11 is 0. The standard InChI is InChI=1S/C9H15N3/c1-6(5-10)9-4-7(2)11-12-8(9)3/h4,6H,5,10H2,1-3H3. The van der Waals surface area contributed by atoms with Crippen LogP contribution in [0.5, 0.6) is 0 Å². The number of hydrogen-bond acceptors (Lipinski definition) is 3. The van der Waals surface area contributed by atoms with Gasteiger partial charge in [0.05, 0.1) is 11.4 Å². The van der Waals surface area contributed by atoms with Crippen molar-refractivity contribution < 1.29 is 0 Å². The van der Waals surface area contributed by atoms with Crippen LogP contribution in [0.25, 0.3) is 0 Å². The molecule has 0 aromatic carbocycles. The number of nitrogens with zero attached hydrogens (tertiary/aromatic N) is 2. The van der Waals surface area contributed by atoms with Crippen LogP contribution in [0.4, 0.5) is 0 Å². The third kappa shape index (κ3) is 1.80. The summed E-state index contributed by atoms with van der Waals surface area (Å²) in [6.07, 6.45) is 0. The highest BCUT2D eigenvalue weighted by Crippen LogP contribution is 2.16. The van der Waals surface area contributed by atoms with Gasteiger partial charge in [0.15, 0.2) is 0 Å². The highest BCUT2D eigenvalue weighted by molar-refractivity contribution is 5.23. The highest BCUT2D eigenvalue weighted by Gasteiger charge is 2.07. The smallest absolute Gasteiger partial charge is 0.0635 e. The molecule has 0 saturated heterocycles. The van der Waals surface area contributed by atoms with Crippen LogP contribution in [0.2, 0.25) is 0 Å². The molecule has 0 aliphatic heterocycles. The third-order valence-corrected chi connectivity index (χ3v) is 2.02. The van der Waals surface area contributed by atoms with Crippen LogP contribution in [0, 0.1) is 13.8 Å². The zero-order chi connectivity index (χ0) is 9.14. The summed E-state index contributed by atoms with van der Waals surface area (Å²) < 4.78 is 0. The van der Waals surface area contributed by atoms with Crippen LogP contribution < -0.4 is 5.73 Å². The molecule has 0 radical (unpaired) electrons. The fraction of sp³-hybridized carbons (Fsp3) is 0.556. The number of aromatic nitrogens is 2. The second kappa shape index (κ2) is 3.63. The van der Waals surface area contributed by atoms with E-state index >= 15 is 0 Å². The molecule has 12 heavy (non-hydrogen) atoms. The summed E-state index contributed by atoms with van der Waals surface area (Å²) in [5.74, 6) is 0.374. The van der Waals surface area contributed by atoms with E-state index in [4.69, 9.17) is 5.73 Å². The molecule has 0 spiro atoms. The molecule has 0 saturated carbocycles. The molecule has 0 aliphatic rings.